The Morgan fingerprint density at radius 2 is 2.26 bits per heavy atom. The van der Waals surface area contributed by atoms with Gasteiger partial charge in [-0.15, -0.1) is 18.3 Å². The second-order valence-corrected chi connectivity index (χ2v) is 5.37. The van der Waals surface area contributed by atoms with E-state index < -0.39 is 0 Å². The molecule has 1 aromatic carbocycles. The summed E-state index contributed by atoms with van der Waals surface area (Å²) in [6.07, 6.45) is 1.67. The van der Waals surface area contributed by atoms with Crippen LogP contribution in [0, 0.1) is 13.8 Å². The zero-order chi connectivity index (χ0) is 14.1. The van der Waals surface area contributed by atoms with Gasteiger partial charge in [0.15, 0.2) is 0 Å². The molecule has 0 unspecified atom stereocenters. The molecule has 0 aliphatic carbocycles. The van der Waals surface area contributed by atoms with Crippen molar-refractivity contribution >= 4 is 17.7 Å². The Hall–Kier alpha value is -1.42. The minimum atomic E-state index is 0.0386. The number of rotatable bonds is 8. The van der Waals surface area contributed by atoms with Gasteiger partial charge >= 0.3 is 0 Å². The Morgan fingerprint density at radius 3 is 3.00 bits per heavy atom. The molecule has 0 radical (unpaired) electrons. The number of benzene rings is 1. The molecular weight excluding hydrogens is 258 g/mol. The third-order valence-electron chi connectivity index (χ3n) is 2.51. The van der Waals surface area contributed by atoms with Gasteiger partial charge in [-0.3, -0.25) is 4.79 Å². The van der Waals surface area contributed by atoms with Gasteiger partial charge in [0, 0.05) is 12.3 Å². The molecule has 0 atom stereocenters. The molecule has 0 fully saturated rings. The molecule has 104 valence electrons. The fraction of sp³-hybridized carbons (Fsp3) is 0.400. The van der Waals surface area contributed by atoms with E-state index in [4.69, 9.17) is 4.74 Å². The van der Waals surface area contributed by atoms with E-state index in [0.717, 1.165) is 17.1 Å². The Morgan fingerprint density at radius 1 is 1.47 bits per heavy atom. The van der Waals surface area contributed by atoms with Crippen LogP contribution in [0.25, 0.3) is 0 Å². The molecule has 0 heterocycles. The zero-order valence-corrected chi connectivity index (χ0v) is 12.4. The average Bonchev–Trinajstić information content (AvgIpc) is 2.39. The molecule has 1 rings (SSSR count). The quantitative estimate of drug-likeness (QED) is 0.587. The fourth-order valence-corrected chi connectivity index (χ4v) is 2.11. The van der Waals surface area contributed by atoms with Crippen LogP contribution in [-0.2, 0) is 4.79 Å². The molecule has 0 saturated carbocycles. The van der Waals surface area contributed by atoms with Crippen molar-refractivity contribution in [2.45, 2.75) is 13.8 Å². The van der Waals surface area contributed by atoms with Crippen LogP contribution in [0.4, 0.5) is 0 Å². The van der Waals surface area contributed by atoms with Crippen molar-refractivity contribution in [1.29, 1.82) is 0 Å². The van der Waals surface area contributed by atoms with Gasteiger partial charge in [0.1, 0.15) is 5.75 Å². The summed E-state index contributed by atoms with van der Waals surface area (Å²) in [5.74, 6) is 2.23. The third kappa shape index (κ3) is 6.34. The van der Waals surface area contributed by atoms with Crippen molar-refractivity contribution in [2.24, 2.45) is 0 Å². The van der Waals surface area contributed by atoms with Crippen LogP contribution in [0.3, 0.4) is 0 Å². The van der Waals surface area contributed by atoms with Gasteiger partial charge in [-0.25, -0.2) is 0 Å². The first-order valence-electron chi connectivity index (χ1n) is 6.29. The number of thioether (sulfide) groups is 1. The molecule has 0 saturated heterocycles. The van der Waals surface area contributed by atoms with Crippen LogP contribution in [0.2, 0.25) is 0 Å². The molecular formula is C15H21NO2S. The molecule has 3 nitrogen and oxygen atoms in total. The van der Waals surface area contributed by atoms with Crippen LogP contribution in [0.1, 0.15) is 11.1 Å². The largest absolute Gasteiger partial charge is 0.492 e. The number of nitrogens with one attached hydrogen (secondary N) is 1. The lowest BCUT2D eigenvalue weighted by atomic mass is 10.1. The molecule has 1 N–H and O–H groups in total. The highest BCUT2D eigenvalue weighted by Crippen LogP contribution is 2.19. The molecule has 0 bridgehead atoms. The van der Waals surface area contributed by atoms with E-state index in [1.54, 1.807) is 17.8 Å². The second kappa shape index (κ2) is 8.64. The molecule has 4 heteroatoms. The molecule has 0 aliphatic heterocycles. The first kappa shape index (κ1) is 15.6. The number of carbonyl (C=O) groups is 1. The first-order valence-corrected chi connectivity index (χ1v) is 7.44. The van der Waals surface area contributed by atoms with E-state index in [1.165, 1.54) is 5.56 Å². The van der Waals surface area contributed by atoms with Gasteiger partial charge in [0.05, 0.1) is 12.4 Å². The number of hydrogen-bond acceptors (Lipinski definition) is 3. The van der Waals surface area contributed by atoms with Crippen molar-refractivity contribution in [2.75, 3.05) is 24.7 Å². The topological polar surface area (TPSA) is 38.3 Å². The molecule has 0 spiro atoms. The maximum Gasteiger partial charge on any atom is 0.230 e. The van der Waals surface area contributed by atoms with Gasteiger partial charge in [-0.2, -0.15) is 0 Å². The first-order chi connectivity index (χ1) is 9.13. The number of ether oxygens (including phenoxy) is 1. The van der Waals surface area contributed by atoms with Gasteiger partial charge < -0.3 is 10.1 Å². The van der Waals surface area contributed by atoms with Crippen LogP contribution in [0.5, 0.6) is 5.75 Å². The molecule has 19 heavy (non-hydrogen) atoms. The second-order valence-electron chi connectivity index (χ2n) is 4.26. The van der Waals surface area contributed by atoms with E-state index in [1.807, 2.05) is 19.9 Å². The Bertz CT molecular complexity index is 432. The summed E-state index contributed by atoms with van der Waals surface area (Å²) >= 11 is 1.57. The van der Waals surface area contributed by atoms with Crippen molar-refractivity contribution in [3.63, 3.8) is 0 Å². The van der Waals surface area contributed by atoms with Crippen LogP contribution in [-0.4, -0.2) is 30.6 Å². The van der Waals surface area contributed by atoms with Crippen molar-refractivity contribution in [3.05, 3.63) is 42.0 Å². The highest BCUT2D eigenvalue weighted by atomic mass is 32.2. The Labute approximate surface area is 119 Å². The maximum absolute atomic E-state index is 11.3. The standard InChI is InChI=1S/C15H21NO2S/c1-4-7-16-15(17)11-19-9-8-18-14-10-12(2)5-6-13(14)3/h4-6,10H,1,7-9,11H2,2-3H3,(H,16,17). The van der Waals surface area contributed by atoms with E-state index >= 15 is 0 Å². The SMILES string of the molecule is C=CCNC(=O)CSCCOc1cc(C)ccc1C. The average molecular weight is 279 g/mol. The summed E-state index contributed by atoms with van der Waals surface area (Å²) in [5.41, 5.74) is 2.33. The van der Waals surface area contributed by atoms with Gasteiger partial charge in [-0.1, -0.05) is 18.2 Å². The summed E-state index contributed by atoms with van der Waals surface area (Å²) in [5, 5.41) is 2.74. The smallest absolute Gasteiger partial charge is 0.230 e. The van der Waals surface area contributed by atoms with Crippen LogP contribution < -0.4 is 10.1 Å². The van der Waals surface area contributed by atoms with E-state index in [9.17, 15) is 4.79 Å². The van der Waals surface area contributed by atoms with Crippen molar-refractivity contribution in [1.82, 2.24) is 5.32 Å². The highest BCUT2D eigenvalue weighted by Gasteiger charge is 2.02. The number of hydrogen-bond donors (Lipinski definition) is 1. The minimum Gasteiger partial charge on any atom is -0.492 e. The maximum atomic E-state index is 11.3. The summed E-state index contributed by atoms with van der Waals surface area (Å²) in [6, 6.07) is 6.16. The molecule has 0 aliphatic rings. The predicted octanol–water partition coefficient (Wildman–Crippen LogP) is 2.72. The minimum absolute atomic E-state index is 0.0386. The summed E-state index contributed by atoms with van der Waals surface area (Å²) in [6.45, 7) is 8.77. The van der Waals surface area contributed by atoms with Crippen LogP contribution in [0.15, 0.2) is 30.9 Å². The molecule has 1 amide bonds. The number of aryl methyl sites for hydroxylation is 2. The van der Waals surface area contributed by atoms with Gasteiger partial charge in [-0.05, 0) is 31.0 Å². The van der Waals surface area contributed by atoms with E-state index in [2.05, 4.69) is 24.0 Å². The van der Waals surface area contributed by atoms with E-state index in [-0.39, 0.29) is 5.91 Å². The number of amides is 1. The Balaban J connectivity index is 2.18. The van der Waals surface area contributed by atoms with Crippen molar-refractivity contribution < 1.29 is 9.53 Å². The van der Waals surface area contributed by atoms with Gasteiger partial charge in [0.2, 0.25) is 5.91 Å². The lowest BCUT2D eigenvalue weighted by molar-refractivity contribution is -0.118. The van der Waals surface area contributed by atoms with Crippen molar-refractivity contribution in [3.8, 4) is 5.75 Å². The molecule has 0 aromatic heterocycles. The lowest BCUT2D eigenvalue weighted by Gasteiger charge is -2.09. The fourth-order valence-electron chi connectivity index (χ4n) is 1.48. The van der Waals surface area contributed by atoms with E-state index in [0.29, 0.717) is 18.9 Å². The molecule has 1 aromatic rings. The van der Waals surface area contributed by atoms with Crippen LogP contribution >= 0.6 is 11.8 Å². The zero-order valence-electron chi connectivity index (χ0n) is 11.6. The monoisotopic (exact) mass is 279 g/mol. The summed E-state index contributed by atoms with van der Waals surface area (Å²) in [7, 11) is 0. The normalized spacial score (nSPS) is 10.0. The summed E-state index contributed by atoms with van der Waals surface area (Å²) in [4.78, 5) is 11.3. The Kier molecular flexibility index (Phi) is 7.11. The lowest BCUT2D eigenvalue weighted by Crippen LogP contribution is -2.25. The summed E-state index contributed by atoms with van der Waals surface area (Å²) < 4.78 is 5.71. The van der Waals surface area contributed by atoms with Gasteiger partial charge in [0.25, 0.3) is 0 Å². The predicted molar refractivity (Wildman–Crippen MR) is 81.9 cm³/mol. The number of carbonyl (C=O) groups excluding carboxylic acids is 1. The third-order valence-corrected chi connectivity index (χ3v) is 3.43. The highest BCUT2D eigenvalue weighted by molar-refractivity contribution is 7.99.